The lowest BCUT2D eigenvalue weighted by molar-refractivity contribution is 0.486. The lowest BCUT2D eigenvalue weighted by Crippen LogP contribution is -2.20. The van der Waals surface area contributed by atoms with Gasteiger partial charge in [0.25, 0.3) is 0 Å². The van der Waals surface area contributed by atoms with Gasteiger partial charge in [0.1, 0.15) is 5.82 Å². The first kappa shape index (κ1) is 14.2. The van der Waals surface area contributed by atoms with Crippen LogP contribution in [0.25, 0.3) is 16.8 Å². The van der Waals surface area contributed by atoms with Gasteiger partial charge >= 0.3 is 0 Å². The van der Waals surface area contributed by atoms with E-state index in [-0.39, 0.29) is 11.2 Å². The van der Waals surface area contributed by atoms with Gasteiger partial charge < -0.3 is 4.98 Å². The van der Waals surface area contributed by atoms with E-state index in [0.29, 0.717) is 23.5 Å². The van der Waals surface area contributed by atoms with Crippen LogP contribution in [-0.2, 0) is 9.84 Å². The van der Waals surface area contributed by atoms with E-state index in [9.17, 15) is 8.42 Å². The van der Waals surface area contributed by atoms with Crippen molar-refractivity contribution in [2.75, 3.05) is 5.75 Å². The van der Waals surface area contributed by atoms with Crippen molar-refractivity contribution in [1.82, 2.24) is 24.6 Å². The highest BCUT2D eigenvalue weighted by Crippen LogP contribution is 2.62. The molecule has 0 saturated heterocycles. The zero-order valence-corrected chi connectivity index (χ0v) is 14.5. The number of hydrogen-bond acceptors (Lipinski definition) is 5. The average molecular weight is 357 g/mol. The van der Waals surface area contributed by atoms with Gasteiger partial charge in [-0.2, -0.15) is 0 Å². The molecule has 0 amide bonds. The van der Waals surface area contributed by atoms with Gasteiger partial charge in [0.05, 0.1) is 22.7 Å². The standard InChI is InChI=1S/C17H19N5O2S/c23-25(24,10-1-2-10)8-9-5-13(12-6-11(9)12)17-21-20-15-7-19-16-14(22(15)17)3-4-18-16/h3-4,7,9-13,18H,1-2,5-6,8H2/t9-,11+,12+,13-/m0/s1. The molecular formula is C17H19N5O2S. The second-order valence-electron chi connectivity index (χ2n) is 7.92. The van der Waals surface area contributed by atoms with Crippen LogP contribution in [0.2, 0.25) is 0 Å². The van der Waals surface area contributed by atoms with Crippen molar-refractivity contribution in [1.29, 1.82) is 0 Å². The highest BCUT2D eigenvalue weighted by Gasteiger charge is 2.57. The average Bonchev–Trinajstić information content (AvgIpc) is 3.46. The van der Waals surface area contributed by atoms with Crippen LogP contribution >= 0.6 is 0 Å². The Hall–Kier alpha value is -1.96. The molecule has 3 aromatic heterocycles. The summed E-state index contributed by atoms with van der Waals surface area (Å²) in [6, 6.07) is 2.00. The van der Waals surface area contributed by atoms with Crippen molar-refractivity contribution in [2.24, 2.45) is 17.8 Å². The molecule has 0 aliphatic heterocycles. The number of aromatic nitrogens is 5. The van der Waals surface area contributed by atoms with E-state index >= 15 is 0 Å². The smallest absolute Gasteiger partial charge is 0.179 e. The molecular weight excluding hydrogens is 338 g/mol. The molecule has 7 nitrogen and oxygen atoms in total. The Kier molecular flexibility index (Phi) is 2.62. The summed E-state index contributed by atoms with van der Waals surface area (Å²) in [6.45, 7) is 0. The number of aromatic amines is 1. The largest absolute Gasteiger partial charge is 0.345 e. The lowest BCUT2D eigenvalue weighted by atomic mass is 9.98. The third-order valence-corrected chi connectivity index (χ3v) is 8.73. The number of nitrogens with one attached hydrogen (secondary N) is 1. The van der Waals surface area contributed by atoms with Crippen LogP contribution < -0.4 is 0 Å². The van der Waals surface area contributed by atoms with Crippen LogP contribution in [0.4, 0.5) is 0 Å². The minimum atomic E-state index is -2.90. The van der Waals surface area contributed by atoms with Crippen molar-refractivity contribution < 1.29 is 8.42 Å². The van der Waals surface area contributed by atoms with E-state index in [1.54, 1.807) is 6.20 Å². The lowest BCUT2D eigenvalue weighted by Gasteiger charge is -2.15. The maximum absolute atomic E-state index is 12.4. The van der Waals surface area contributed by atoms with Gasteiger partial charge in [-0.3, -0.25) is 4.40 Å². The molecule has 25 heavy (non-hydrogen) atoms. The van der Waals surface area contributed by atoms with Gasteiger partial charge in [0.2, 0.25) is 0 Å². The topological polar surface area (TPSA) is 93.0 Å². The van der Waals surface area contributed by atoms with Gasteiger partial charge in [-0.1, -0.05) is 0 Å². The van der Waals surface area contributed by atoms with Crippen molar-refractivity contribution in [3.05, 3.63) is 24.3 Å². The van der Waals surface area contributed by atoms with Gasteiger partial charge in [0.15, 0.2) is 21.1 Å². The second-order valence-corrected chi connectivity index (χ2v) is 10.2. The molecule has 0 unspecified atom stereocenters. The summed E-state index contributed by atoms with van der Waals surface area (Å²) in [6.07, 6.45) is 7.38. The Morgan fingerprint density at radius 3 is 2.92 bits per heavy atom. The van der Waals surface area contributed by atoms with E-state index in [0.717, 1.165) is 48.3 Å². The highest BCUT2D eigenvalue weighted by molar-refractivity contribution is 7.92. The van der Waals surface area contributed by atoms with Gasteiger partial charge in [-0.15, -0.1) is 10.2 Å². The third kappa shape index (κ3) is 2.03. The predicted octanol–water partition coefficient (Wildman–Crippen LogP) is 1.92. The summed E-state index contributed by atoms with van der Waals surface area (Å²) in [5, 5.41) is 8.72. The molecule has 3 fully saturated rings. The van der Waals surface area contributed by atoms with Crippen LogP contribution in [0.3, 0.4) is 0 Å². The van der Waals surface area contributed by atoms with Gasteiger partial charge in [-0.05, 0) is 49.5 Å². The van der Waals surface area contributed by atoms with E-state index in [1.807, 2.05) is 12.3 Å². The summed E-state index contributed by atoms with van der Waals surface area (Å²) in [5.74, 6) is 3.05. The number of H-pyrrole nitrogens is 1. The first-order valence-electron chi connectivity index (χ1n) is 9.00. The molecule has 130 valence electrons. The number of rotatable bonds is 4. The molecule has 0 spiro atoms. The van der Waals surface area contributed by atoms with Crippen molar-refractivity contribution in [3.8, 4) is 0 Å². The molecule has 0 aromatic carbocycles. The molecule has 3 aliphatic rings. The summed E-state index contributed by atoms with van der Waals surface area (Å²) < 4.78 is 26.9. The molecule has 3 saturated carbocycles. The van der Waals surface area contributed by atoms with Crippen LogP contribution in [0.15, 0.2) is 18.5 Å². The number of fused-ring (bicyclic) bond motifs is 4. The summed E-state index contributed by atoms with van der Waals surface area (Å²) in [7, 11) is -2.90. The Bertz CT molecular complexity index is 1100. The number of sulfone groups is 1. The Morgan fingerprint density at radius 2 is 2.08 bits per heavy atom. The molecule has 6 rings (SSSR count). The molecule has 3 aliphatic carbocycles. The van der Waals surface area contributed by atoms with Gasteiger partial charge in [0, 0.05) is 12.1 Å². The second kappa shape index (κ2) is 4.60. The number of hydrogen-bond donors (Lipinski definition) is 1. The minimum Gasteiger partial charge on any atom is -0.345 e. The predicted molar refractivity (Wildman–Crippen MR) is 91.9 cm³/mol. The third-order valence-electron chi connectivity index (χ3n) is 6.35. The minimum absolute atomic E-state index is 0.0526. The number of nitrogens with zero attached hydrogens (tertiary/aromatic N) is 4. The fraction of sp³-hybridized carbons (Fsp3) is 0.588. The Morgan fingerprint density at radius 1 is 1.20 bits per heavy atom. The summed E-state index contributed by atoms with van der Waals surface area (Å²) >= 11 is 0. The SMILES string of the molecule is O=S(=O)(C[C@@H]1C[C@H](c2nnc3cnc4[nH]ccc4n23)[C@@H]2C[C@H]12)C1CC1. The zero-order chi connectivity index (χ0) is 16.8. The summed E-state index contributed by atoms with van der Waals surface area (Å²) in [5.41, 5.74) is 2.57. The molecule has 0 bridgehead atoms. The Balaban J connectivity index is 1.37. The maximum Gasteiger partial charge on any atom is 0.179 e. The quantitative estimate of drug-likeness (QED) is 0.770. The molecule has 3 heterocycles. The zero-order valence-electron chi connectivity index (χ0n) is 13.7. The summed E-state index contributed by atoms with van der Waals surface area (Å²) in [4.78, 5) is 7.50. The maximum atomic E-state index is 12.4. The normalized spacial score (nSPS) is 31.7. The first-order chi connectivity index (χ1) is 12.1. The molecule has 8 heteroatoms. The fourth-order valence-corrected chi connectivity index (χ4v) is 7.01. The highest BCUT2D eigenvalue weighted by atomic mass is 32.2. The Labute approximate surface area is 144 Å². The van der Waals surface area contributed by atoms with E-state index in [4.69, 9.17) is 0 Å². The first-order valence-corrected chi connectivity index (χ1v) is 10.7. The van der Waals surface area contributed by atoms with Crippen molar-refractivity contribution in [3.63, 3.8) is 0 Å². The van der Waals surface area contributed by atoms with E-state index in [1.165, 1.54) is 0 Å². The van der Waals surface area contributed by atoms with Crippen molar-refractivity contribution >= 4 is 26.6 Å². The fourth-order valence-electron chi connectivity index (χ4n) is 4.90. The van der Waals surface area contributed by atoms with Crippen LogP contribution in [-0.4, -0.2) is 44.0 Å². The van der Waals surface area contributed by atoms with Gasteiger partial charge in [-0.25, -0.2) is 13.4 Å². The van der Waals surface area contributed by atoms with E-state index in [2.05, 4.69) is 24.6 Å². The van der Waals surface area contributed by atoms with Crippen LogP contribution in [0, 0.1) is 17.8 Å². The molecule has 3 aromatic rings. The molecule has 4 atom stereocenters. The molecule has 0 radical (unpaired) electrons. The van der Waals surface area contributed by atoms with Crippen molar-refractivity contribution in [2.45, 2.75) is 36.9 Å². The van der Waals surface area contributed by atoms with E-state index < -0.39 is 9.84 Å². The van der Waals surface area contributed by atoms with Crippen LogP contribution in [0.1, 0.15) is 37.4 Å². The monoisotopic (exact) mass is 357 g/mol. The van der Waals surface area contributed by atoms with Crippen LogP contribution in [0.5, 0.6) is 0 Å². The molecule has 1 N–H and O–H groups in total.